The van der Waals surface area contributed by atoms with E-state index < -0.39 is 0 Å². The normalized spacial score (nSPS) is 21.9. The smallest absolute Gasteiger partial charge is 0.0346 e. The first kappa shape index (κ1) is 7.50. The second-order valence-corrected chi connectivity index (χ2v) is 1.19. The third kappa shape index (κ3) is 2.34. The molecule has 1 fully saturated rings. The van der Waals surface area contributed by atoms with Crippen LogP contribution in [0.5, 0.6) is 0 Å². The van der Waals surface area contributed by atoms with E-state index in [2.05, 4.69) is 0 Å². The molecule has 0 bridgehead atoms. The van der Waals surface area contributed by atoms with Crippen molar-refractivity contribution >= 4 is 0 Å². The Hall–Kier alpha value is 0.504. The van der Waals surface area contributed by atoms with Crippen molar-refractivity contribution in [1.29, 1.82) is 0 Å². The van der Waals surface area contributed by atoms with Gasteiger partial charge in [0.25, 0.3) is 0 Å². The second-order valence-electron chi connectivity index (χ2n) is 1.19. The van der Waals surface area contributed by atoms with Crippen molar-refractivity contribution < 1.29 is 28.0 Å². The maximum Gasteiger partial charge on any atom is 0.0346 e. The molecule has 0 aromatic carbocycles. The predicted molar refractivity (Wildman–Crippen MR) is 20.8 cm³/mol. The Morgan fingerprint density at radius 3 is 1.86 bits per heavy atom. The van der Waals surface area contributed by atoms with E-state index in [-0.39, 0.29) is 18.6 Å². The van der Waals surface area contributed by atoms with Crippen LogP contribution in [-0.4, -0.2) is 13.2 Å². The van der Waals surface area contributed by atoms with Crippen LogP contribution in [0.2, 0.25) is 0 Å². The van der Waals surface area contributed by atoms with Crippen molar-refractivity contribution in [1.82, 2.24) is 0 Å². The van der Waals surface area contributed by atoms with E-state index >= 15 is 0 Å². The third-order valence-corrected chi connectivity index (χ3v) is 0.694. The van der Waals surface area contributed by atoms with Crippen LogP contribution in [0.1, 0.15) is 6.92 Å². The molecule has 1 rings (SSSR count). The minimum atomic E-state index is 0. The van der Waals surface area contributed by atoms with Crippen molar-refractivity contribution in [3.05, 3.63) is 6.29 Å². The zero-order chi connectivity index (χ0) is 4.41. The van der Waals surface area contributed by atoms with Crippen LogP contribution in [0.25, 0.3) is 0 Å². The van der Waals surface area contributed by atoms with Crippen molar-refractivity contribution in [2.45, 2.75) is 6.92 Å². The molecule has 0 saturated carbocycles. The summed E-state index contributed by atoms with van der Waals surface area (Å²) >= 11 is 0. The molecule has 0 unspecified atom stereocenters. The van der Waals surface area contributed by atoms with Crippen LogP contribution in [-0.2, 0) is 28.0 Å². The maximum absolute atomic E-state index is 4.85. The van der Waals surface area contributed by atoms with Gasteiger partial charge in [-0.3, -0.25) is 0 Å². The van der Waals surface area contributed by atoms with Gasteiger partial charge in [-0.2, -0.15) is 0 Å². The van der Waals surface area contributed by atoms with Gasteiger partial charge in [0.1, 0.15) is 0 Å². The van der Waals surface area contributed by atoms with Gasteiger partial charge in [0, 0.05) is 31.8 Å². The molecule has 1 radical (unpaired) electrons. The topological polar surface area (TPSA) is 18.5 Å². The van der Waals surface area contributed by atoms with Crippen molar-refractivity contribution in [2.24, 2.45) is 0 Å². The van der Waals surface area contributed by atoms with Crippen LogP contribution < -0.4 is 0 Å². The summed E-state index contributed by atoms with van der Waals surface area (Å²) in [5.74, 6) is 0. The van der Waals surface area contributed by atoms with Gasteiger partial charge < -0.3 is 9.47 Å². The summed E-state index contributed by atoms with van der Waals surface area (Å²) in [4.78, 5) is 0. The quantitative estimate of drug-likeness (QED) is 0.455. The van der Waals surface area contributed by atoms with Gasteiger partial charge >= 0.3 is 0 Å². The van der Waals surface area contributed by atoms with Crippen LogP contribution in [0.15, 0.2) is 0 Å². The fourth-order valence-electron chi connectivity index (χ4n) is 0.412. The summed E-state index contributed by atoms with van der Waals surface area (Å²) in [6.45, 7) is 3.27. The van der Waals surface area contributed by atoms with Crippen LogP contribution in [0.4, 0.5) is 0 Å². The van der Waals surface area contributed by atoms with Crippen LogP contribution >= 0.6 is 0 Å². The molecule has 0 N–H and O–H groups in total. The van der Waals surface area contributed by atoms with Gasteiger partial charge in [0.05, 0.1) is 0 Å². The largest absolute Gasteiger partial charge is 0.520 e. The molecule has 0 aliphatic carbocycles. The Morgan fingerprint density at radius 2 is 1.71 bits per heavy atom. The molecule has 0 amide bonds. The van der Waals surface area contributed by atoms with E-state index in [4.69, 9.17) is 9.47 Å². The minimum Gasteiger partial charge on any atom is -0.520 e. The van der Waals surface area contributed by atoms with Crippen molar-refractivity contribution in [2.75, 3.05) is 13.2 Å². The molecule has 1 aliphatic rings. The van der Waals surface area contributed by atoms with Gasteiger partial charge in [0.15, 0.2) is 0 Å². The molecule has 41 valence electrons. The average Bonchev–Trinajstić information content (AvgIpc) is 1.86. The SMILES string of the molecule is C[C-]1OCCO1.[V]. The number of hydrogen-bond donors (Lipinski definition) is 0. The first-order valence-corrected chi connectivity index (χ1v) is 1.99. The molecule has 7 heavy (non-hydrogen) atoms. The predicted octanol–water partition coefficient (Wildman–Crippen LogP) is 0.540. The van der Waals surface area contributed by atoms with Crippen molar-refractivity contribution in [3.8, 4) is 0 Å². The summed E-state index contributed by atoms with van der Waals surface area (Å²) in [5, 5.41) is 0. The molecule has 1 heterocycles. The summed E-state index contributed by atoms with van der Waals surface area (Å²) in [6.07, 6.45) is 0.704. The van der Waals surface area contributed by atoms with Gasteiger partial charge in [-0.05, 0) is 0 Å². The van der Waals surface area contributed by atoms with Gasteiger partial charge in [0.2, 0.25) is 0 Å². The first-order chi connectivity index (χ1) is 2.89. The zero-order valence-electron chi connectivity index (χ0n) is 4.18. The molecule has 0 aromatic rings. The Bertz CT molecular complexity index is 43.0. The van der Waals surface area contributed by atoms with E-state index in [1.165, 1.54) is 0 Å². The summed E-state index contributed by atoms with van der Waals surface area (Å²) in [5.41, 5.74) is 0. The zero-order valence-corrected chi connectivity index (χ0v) is 5.57. The maximum atomic E-state index is 4.85. The second kappa shape index (κ2) is 3.50. The number of rotatable bonds is 0. The van der Waals surface area contributed by atoms with E-state index in [0.29, 0.717) is 6.29 Å². The molecule has 0 spiro atoms. The summed E-state index contributed by atoms with van der Waals surface area (Å²) < 4.78 is 9.69. The van der Waals surface area contributed by atoms with E-state index in [1.54, 1.807) is 0 Å². The molecule has 2 nitrogen and oxygen atoms in total. The van der Waals surface area contributed by atoms with Gasteiger partial charge in [-0.1, -0.05) is 6.29 Å². The molecule has 3 heteroatoms. The monoisotopic (exact) mass is 138 g/mol. The summed E-state index contributed by atoms with van der Waals surface area (Å²) in [6, 6.07) is 0. The van der Waals surface area contributed by atoms with E-state index in [0.717, 1.165) is 13.2 Å². The Labute approximate surface area is 55.1 Å². The molecule has 0 aromatic heterocycles. The minimum absolute atomic E-state index is 0. The molecule has 0 atom stereocenters. The van der Waals surface area contributed by atoms with Gasteiger partial charge in [-0.25, -0.2) is 0 Å². The van der Waals surface area contributed by atoms with E-state index in [9.17, 15) is 0 Å². The molecule has 1 aliphatic heterocycles. The molecule has 1 saturated heterocycles. The molecular formula is C4H7O2V-. The standard InChI is InChI=1S/C4H7O2.V/c1-4-5-2-3-6-4;/h2-3H2,1H3;/q-1;. The van der Waals surface area contributed by atoms with Gasteiger partial charge in [-0.15, -0.1) is 6.92 Å². The number of hydrogen-bond acceptors (Lipinski definition) is 2. The van der Waals surface area contributed by atoms with Crippen LogP contribution in [0.3, 0.4) is 0 Å². The summed E-state index contributed by atoms with van der Waals surface area (Å²) in [7, 11) is 0. The Morgan fingerprint density at radius 1 is 1.29 bits per heavy atom. The van der Waals surface area contributed by atoms with E-state index in [1.807, 2.05) is 6.92 Å². The Balaban J connectivity index is 0.000000360. The molecular weight excluding hydrogens is 131 g/mol. The fraction of sp³-hybridized carbons (Fsp3) is 0.750. The van der Waals surface area contributed by atoms with Crippen molar-refractivity contribution in [3.63, 3.8) is 0 Å². The fourth-order valence-corrected chi connectivity index (χ4v) is 0.412. The number of ether oxygens (including phenoxy) is 2. The third-order valence-electron chi connectivity index (χ3n) is 0.694. The average molecular weight is 138 g/mol. The Kier molecular flexibility index (Phi) is 3.75. The van der Waals surface area contributed by atoms with Crippen LogP contribution in [0, 0.1) is 6.29 Å². The first-order valence-electron chi connectivity index (χ1n) is 1.99.